The molecule has 12 atom stereocenters. The van der Waals surface area contributed by atoms with Gasteiger partial charge in [-0.15, -0.1) is 0 Å². The average Bonchev–Trinajstić information content (AvgIpc) is 3.08. The van der Waals surface area contributed by atoms with E-state index in [0.717, 1.165) is 57.8 Å². The Kier molecular flexibility index (Phi) is 6.13. The van der Waals surface area contributed by atoms with Crippen molar-refractivity contribution in [3.63, 3.8) is 0 Å². The third kappa shape index (κ3) is 3.92. The van der Waals surface area contributed by atoms with Crippen LogP contribution in [0.1, 0.15) is 94.6 Å². The van der Waals surface area contributed by atoms with E-state index >= 15 is 0 Å². The maximum absolute atomic E-state index is 11.6. The van der Waals surface area contributed by atoms with Gasteiger partial charge in [-0.2, -0.15) is 0 Å². The topological polar surface area (TPSA) is 80.9 Å². The molecule has 4 aliphatic carbocycles. The van der Waals surface area contributed by atoms with Crippen LogP contribution in [-0.4, -0.2) is 45.3 Å². The molecule has 4 saturated carbocycles. The number of aliphatic hydroxyl groups excluding tert-OH is 3. The van der Waals surface area contributed by atoms with E-state index in [4.69, 9.17) is 2.74 Å². The second-order valence-corrected chi connectivity index (χ2v) is 12.5. The summed E-state index contributed by atoms with van der Waals surface area (Å²) >= 11 is 0. The first-order valence-corrected chi connectivity index (χ1v) is 13.1. The van der Waals surface area contributed by atoms with E-state index in [2.05, 4.69) is 20.8 Å². The Morgan fingerprint density at radius 1 is 0.968 bits per heavy atom. The van der Waals surface area contributed by atoms with Crippen LogP contribution in [0.2, 0.25) is 0 Å². The third-order valence-electron chi connectivity index (χ3n) is 11.0. The summed E-state index contributed by atoms with van der Waals surface area (Å²) < 4.78 is 15.0. The fourth-order valence-electron chi connectivity index (χ4n) is 9.14. The summed E-state index contributed by atoms with van der Waals surface area (Å²) in [4.78, 5) is 0. The lowest BCUT2D eigenvalue weighted by Gasteiger charge is -2.63. The molecule has 4 N–H and O–H groups in total. The zero-order chi connectivity index (χ0) is 24.3. The summed E-state index contributed by atoms with van der Waals surface area (Å²) in [5.41, 5.74) is -0.0786. The first-order valence-electron chi connectivity index (χ1n) is 14.1. The predicted octanol–water partition coefficient (Wildman–Crippen LogP) is 4.38. The van der Waals surface area contributed by atoms with Gasteiger partial charge in [0.2, 0.25) is 0 Å². The number of hydrogen-bond donors (Lipinski definition) is 4. The highest BCUT2D eigenvalue weighted by molar-refractivity contribution is 5.14. The highest BCUT2D eigenvalue weighted by Crippen LogP contribution is 2.68. The Morgan fingerprint density at radius 3 is 2.42 bits per heavy atom. The third-order valence-corrected chi connectivity index (χ3v) is 11.0. The molecule has 0 spiro atoms. The van der Waals surface area contributed by atoms with Crippen molar-refractivity contribution in [3.8, 4) is 0 Å². The van der Waals surface area contributed by atoms with Crippen LogP contribution < -0.4 is 0 Å². The van der Waals surface area contributed by atoms with Crippen molar-refractivity contribution in [2.75, 3.05) is 6.56 Å². The largest absolute Gasteiger partial charge is 0.396 e. The SMILES string of the molecule is [2H]C([2H])(O)[C@H](C)CCC[C@@H](C)[C@H]1CC[C@H]2[C@@H]3[C@H](O)C[C@@H]4C[C@H](O)CC[C@]4(C)[C@H]3C[C@H](O)[C@]12C. The smallest absolute Gasteiger partial charge is 0.0602 e. The summed E-state index contributed by atoms with van der Waals surface area (Å²) in [6.07, 6.45) is 7.93. The Hall–Kier alpha value is -0.160. The van der Waals surface area contributed by atoms with Gasteiger partial charge in [0.25, 0.3) is 0 Å². The molecule has 0 aromatic carbocycles. The molecule has 0 bridgehead atoms. The van der Waals surface area contributed by atoms with Crippen molar-refractivity contribution in [1.82, 2.24) is 0 Å². The lowest BCUT2D eigenvalue weighted by molar-refractivity contribution is -0.207. The van der Waals surface area contributed by atoms with E-state index in [0.29, 0.717) is 36.0 Å². The summed E-state index contributed by atoms with van der Waals surface area (Å²) in [6.45, 7) is 6.59. The predicted molar refractivity (Wildman–Crippen MR) is 123 cm³/mol. The van der Waals surface area contributed by atoms with Gasteiger partial charge in [-0.25, -0.2) is 0 Å². The molecule has 0 aromatic heterocycles. The minimum Gasteiger partial charge on any atom is -0.396 e. The molecule has 0 aromatic rings. The fourth-order valence-corrected chi connectivity index (χ4v) is 9.14. The number of aliphatic hydroxyl groups is 4. The summed E-state index contributed by atoms with van der Waals surface area (Å²) in [6, 6.07) is 0. The van der Waals surface area contributed by atoms with Crippen molar-refractivity contribution in [1.29, 1.82) is 0 Å². The normalized spacial score (nSPS) is 52.9. The molecular weight excluding hydrogens is 388 g/mol. The van der Waals surface area contributed by atoms with Gasteiger partial charge in [-0.05, 0) is 104 Å². The van der Waals surface area contributed by atoms with Crippen LogP contribution in [0.25, 0.3) is 0 Å². The molecule has 31 heavy (non-hydrogen) atoms. The van der Waals surface area contributed by atoms with Gasteiger partial charge in [0, 0.05) is 6.56 Å². The molecule has 180 valence electrons. The zero-order valence-corrected chi connectivity index (χ0v) is 20.1. The highest BCUT2D eigenvalue weighted by atomic mass is 16.3. The summed E-state index contributed by atoms with van der Waals surface area (Å²) in [5.74, 6) is 1.71. The van der Waals surface area contributed by atoms with Crippen LogP contribution in [0, 0.1) is 52.3 Å². The highest BCUT2D eigenvalue weighted by Gasteiger charge is 2.65. The molecule has 0 radical (unpaired) electrons. The first-order chi connectivity index (χ1) is 15.3. The van der Waals surface area contributed by atoms with Crippen molar-refractivity contribution in [2.45, 2.75) is 110 Å². The van der Waals surface area contributed by atoms with E-state index < -0.39 is 6.56 Å². The minimum atomic E-state index is -2.12. The zero-order valence-electron chi connectivity index (χ0n) is 22.1. The molecule has 4 rings (SSSR count). The molecule has 4 heteroatoms. The maximum Gasteiger partial charge on any atom is 0.0602 e. The monoisotopic (exact) mass is 438 g/mol. The Balaban J connectivity index is 1.49. The first kappa shape index (κ1) is 21.4. The summed E-state index contributed by atoms with van der Waals surface area (Å²) in [7, 11) is 0. The molecule has 4 aliphatic rings. The molecule has 4 fully saturated rings. The molecule has 0 saturated heterocycles. The Morgan fingerprint density at radius 2 is 1.71 bits per heavy atom. The Labute approximate surface area is 192 Å². The van der Waals surface area contributed by atoms with Crippen LogP contribution in [0.15, 0.2) is 0 Å². The van der Waals surface area contributed by atoms with Gasteiger partial charge >= 0.3 is 0 Å². The minimum absolute atomic E-state index is 0.106. The van der Waals surface area contributed by atoms with Crippen molar-refractivity contribution in [3.05, 3.63) is 0 Å². The van der Waals surface area contributed by atoms with Gasteiger partial charge in [0.15, 0.2) is 0 Å². The van der Waals surface area contributed by atoms with Crippen molar-refractivity contribution in [2.24, 2.45) is 52.3 Å². The van der Waals surface area contributed by atoms with Gasteiger partial charge < -0.3 is 20.4 Å². The molecule has 0 unspecified atom stereocenters. The Bertz CT molecular complexity index is 698. The maximum atomic E-state index is 11.6. The standard InChI is InChI=1S/C27H48O4/c1-16(15-28)6-5-7-17(2)20-8-9-21-25-22(14-24(31)27(20,21)4)26(3)11-10-19(29)12-18(26)13-23(25)30/h16-25,28-31H,5-15H2,1-4H3/t16-,17-,18+,19-,20-,21+,22+,23-,24+,25+,26+,27-/m1/s1/i15D2. The van der Waals surface area contributed by atoms with Crippen molar-refractivity contribution >= 4 is 0 Å². The van der Waals surface area contributed by atoms with Gasteiger partial charge in [0.05, 0.1) is 21.1 Å². The van der Waals surface area contributed by atoms with Crippen LogP contribution in [0.5, 0.6) is 0 Å². The van der Waals surface area contributed by atoms with E-state index in [-0.39, 0.29) is 41.0 Å². The van der Waals surface area contributed by atoms with E-state index in [1.54, 1.807) is 6.92 Å². The second-order valence-electron chi connectivity index (χ2n) is 12.5. The molecule has 0 aliphatic heterocycles. The molecule has 0 amide bonds. The van der Waals surface area contributed by atoms with E-state index in [1.807, 2.05) is 0 Å². The number of fused-ring (bicyclic) bond motifs is 5. The molecule has 4 nitrogen and oxygen atoms in total. The van der Waals surface area contributed by atoms with Crippen LogP contribution in [-0.2, 0) is 0 Å². The fraction of sp³-hybridized carbons (Fsp3) is 1.00. The van der Waals surface area contributed by atoms with Gasteiger partial charge in [0.1, 0.15) is 0 Å². The second kappa shape index (κ2) is 8.89. The lowest BCUT2D eigenvalue weighted by atomic mass is 9.43. The van der Waals surface area contributed by atoms with E-state index in [1.165, 1.54) is 0 Å². The van der Waals surface area contributed by atoms with Crippen LogP contribution >= 0.6 is 0 Å². The number of hydrogen-bond acceptors (Lipinski definition) is 4. The van der Waals surface area contributed by atoms with Gasteiger partial charge in [-0.3, -0.25) is 0 Å². The van der Waals surface area contributed by atoms with Crippen LogP contribution in [0.4, 0.5) is 0 Å². The quantitative estimate of drug-likeness (QED) is 0.496. The molecule has 0 heterocycles. The van der Waals surface area contributed by atoms with Crippen molar-refractivity contribution < 1.29 is 23.2 Å². The molecular formula is C27H48O4. The number of rotatable bonds is 6. The lowest BCUT2D eigenvalue weighted by Crippen LogP contribution is -2.62. The average molecular weight is 439 g/mol. The van der Waals surface area contributed by atoms with Crippen LogP contribution in [0.3, 0.4) is 0 Å². The van der Waals surface area contributed by atoms with E-state index in [9.17, 15) is 20.4 Å². The summed E-state index contributed by atoms with van der Waals surface area (Å²) in [5, 5.41) is 42.9. The van der Waals surface area contributed by atoms with Gasteiger partial charge in [-0.1, -0.05) is 40.5 Å².